The molecule has 33 heavy (non-hydrogen) atoms. The maximum Gasteiger partial charge on any atom is 0.291 e. The van der Waals surface area contributed by atoms with Crippen LogP contribution in [0.5, 0.6) is 0 Å². The highest BCUT2D eigenvalue weighted by atomic mass is 35.5. The van der Waals surface area contributed by atoms with Crippen molar-refractivity contribution < 1.29 is 13.5 Å². The Morgan fingerprint density at radius 3 is 2.52 bits per heavy atom. The average Bonchev–Trinajstić information content (AvgIpc) is 3.20. The first-order chi connectivity index (χ1) is 15.8. The van der Waals surface area contributed by atoms with Crippen molar-refractivity contribution in [1.82, 2.24) is 24.3 Å². The largest absolute Gasteiger partial charge is 0.388 e. The zero-order valence-electron chi connectivity index (χ0n) is 18.8. The highest BCUT2D eigenvalue weighted by molar-refractivity contribution is 7.97. The molecule has 0 unspecified atom stereocenters. The van der Waals surface area contributed by atoms with E-state index >= 15 is 0 Å². The van der Waals surface area contributed by atoms with Gasteiger partial charge in [0.2, 0.25) is 0 Å². The topological polar surface area (TPSA) is 67.6 Å². The molecule has 1 aliphatic heterocycles. The molecule has 1 aliphatic carbocycles. The van der Waals surface area contributed by atoms with Crippen LogP contribution in [0, 0.1) is 0 Å². The van der Waals surface area contributed by atoms with Gasteiger partial charge in [0.15, 0.2) is 21.0 Å². The van der Waals surface area contributed by atoms with Crippen molar-refractivity contribution in [3.8, 4) is 10.8 Å². The number of nitrogens with one attached hydrogen (secondary N) is 1. The van der Waals surface area contributed by atoms with E-state index in [1.807, 2.05) is 10.6 Å². The van der Waals surface area contributed by atoms with E-state index < -0.39 is 6.43 Å². The van der Waals surface area contributed by atoms with Crippen LogP contribution in [0.4, 0.5) is 14.5 Å². The van der Waals surface area contributed by atoms with E-state index in [0.717, 1.165) is 66.2 Å². The Hall–Kier alpha value is -1.53. The monoisotopic (exact) mass is 516 g/mol. The molecule has 0 atom stereocenters. The summed E-state index contributed by atoms with van der Waals surface area (Å²) >= 11 is 8.99. The van der Waals surface area contributed by atoms with Gasteiger partial charge in [-0.3, -0.25) is 9.12 Å². The lowest BCUT2D eigenvalue weighted by Gasteiger charge is -2.30. The van der Waals surface area contributed by atoms with Crippen LogP contribution in [0.2, 0.25) is 5.15 Å². The van der Waals surface area contributed by atoms with Crippen LogP contribution < -0.4 is 9.62 Å². The van der Waals surface area contributed by atoms with Crippen LogP contribution in [0.15, 0.2) is 17.2 Å². The quantitative estimate of drug-likeness (QED) is 0.412. The number of halogens is 3. The lowest BCUT2D eigenvalue weighted by atomic mass is 10.1. The van der Waals surface area contributed by atoms with Crippen LogP contribution in [0.3, 0.4) is 0 Å². The summed E-state index contributed by atoms with van der Waals surface area (Å²) < 4.78 is 35.7. The van der Waals surface area contributed by atoms with Crippen molar-refractivity contribution in [2.24, 2.45) is 0 Å². The first-order valence-corrected chi connectivity index (χ1v) is 12.8. The first-order valence-electron chi connectivity index (χ1n) is 10.8. The van der Waals surface area contributed by atoms with Crippen molar-refractivity contribution in [3.63, 3.8) is 0 Å². The molecule has 180 valence electrons. The van der Waals surface area contributed by atoms with Gasteiger partial charge in [-0.2, -0.15) is 0 Å². The van der Waals surface area contributed by atoms with Gasteiger partial charge in [-0.05, 0) is 57.0 Å². The fraction of sp³-hybridized carbons (Fsp3) is 0.571. The van der Waals surface area contributed by atoms with Gasteiger partial charge in [-0.1, -0.05) is 22.9 Å². The normalized spacial score (nSPS) is 17.4. The molecule has 0 aromatic carbocycles. The van der Waals surface area contributed by atoms with E-state index in [4.69, 9.17) is 11.6 Å². The molecule has 1 N–H and O–H groups in total. The van der Waals surface area contributed by atoms with Crippen molar-refractivity contribution in [2.45, 2.75) is 55.9 Å². The molecule has 0 bridgehead atoms. The van der Waals surface area contributed by atoms with Crippen LogP contribution >= 0.6 is 34.9 Å². The van der Waals surface area contributed by atoms with Gasteiger partial charge in [0, 0.05) is 43.9 Å². The molecular formula is C21H27ClF2N6OS2. The number of alkyl halides is 2. The third-order valence-electron chi connectivity index (χ3n) is 5.58. The maximum absolute atomic E-state index is 13.0. The number of hydrogen-bond acceptors (Lipinski definition) is 8. The number of piperidine rings is 1. The third kappa shape index (κ3) is 5.59. The van der Waals surface area contributed by atoms with E-state index in [9.17, 15) is 8.78 Å². The zero-order chi connectivity index (χ0) is 23.6. The van der Waals surface area contributed by atoms with Gasteiger partial charge < -0.3 is 9.64 Å². The summed E-state index contributed by atoms with van der Waals surface area (Å²) in [4.78, 5) is 7.84. The molecule has 1 saturated heterocycles. The highest BCUT2D eigenvalue weighted by Crippen LogP contribution is 2.41. The molecule has 12 heteroatoms. The van der Waals surface area contributed by atoms with Crippen molar-refractivity contribution in [1.29, 1.82) is 0 Å². The zero-order valence-corrected chi connectivity index (χ0v) is 21.2. The number of ether oxygens (including phenoxy) is 1. The Labute approximate surface area is 205 Å². The van der Waals surface area contributed by atoms with Crippen molar-refractivity contribution in [3.05, 3.63) is 22.4 Å². The van der Waals surface area contributed by atoms with Crippen LogP contribution in [0.25, 0.3) is 16.3 Å². The van der Waals surface area contributed by atoms with Gasteiger partial charge in [-0.15, -0.1) is 10.2 Å². The number of pyridine rings is 1. The third-order valence-corrected chi connectivity index (χ3v) is 7.82. The minimum Gasteiger partial charge on any atom is -0.388 e. The predicted molar refractivity (Wildman–Crippen MR) is 130 cm³/mol. The number of methoxy groups -OCH3 is 1. The van der Waals surface area contributed by atoms with Crippen LogP contribution in [0.1, 0.15) is 50.5 Å². The second-order valence-corrected chi connectivity index (χ2v) is 10.7. The molecule has 2 fully saturated rings. The molecule has 3 aromatic heterocycles. The molecular weight excluding hydrogens is 490 g/mol. The Morgan fingerprint density at radius 2 is 1.91 bits per heavy atom. The molecule has 4 heterocycles. The molecule has 0 amide bonds. The van der Waals surface area contributed by atoms with Gasteiger partial charge in [0.1, 0.15) is 5.52 Å². The molecule has 3 aromatic rings. The smallest absolute Gasteiger partial charge is 0.291 e. The Morgan fingerprint density at radius 1 is 1.21 bits per heavy atom. The summed E-state index contributed by atoms with van der Waals surface area (Å²) in [5.74, 6) is 0.442. The van der Waals surface area contributed by atoms with E-state index in [0.29, 0.717) is 16.0 Å². The second kappa shape index (κ2) is 10.4. The number of nitrogens with zero attached hydrogens (tertiary/aromatic N) is 5. The van der Waals surface area contributed by atoms with E-state index in [-0.39, 0.29) is 10.5 Å². The first kappa shape index (κ1) is 24.6. The summed E-state index contributed by atoms with van der Waals surface area (Å²) in [6, 6.07) is 2.14. The second-order valence-electron chi connectivity index (χ2n) is 8.47. The SMILES string of the molecule is CC1(NSc2cc(N3CCCCC3)c3c(Cl)nc(-c4nnc(C(F)F)s4)n3c2)CC1.COC. The predicted octanol–water partition coefficient (Wildman–Crippen LogP) is 5.85. The Kier molecular flexibility index (Phi) is 7.74. The van der Waals surface area contributed by atoms with Gasteiger partial charge in [-0.25, -0.2) is 13.8 Å². The number of rotatable bonds is 6. The summed E-state index contributed by atoms with van der Waals surface area (Å²) in [5.41, 5.74) is 1.97. The lowest BCUT2D eigenvalue weighted by molar-refractivity contribution is 0.150. The fourth-order valence-electron chi connectivity index (χ4n) is 3.59. The van der Waals surface area contributed by atoms with Crippen LogP contribution in [-0.4, -0.2) is 52.4 Å². The van der Waals surface area contributed by atoms with Crippen molar-refractivity contribution in [2.75, 3.05) is 32.2 Å². The lowest BCUT2D eigenvalue weighted by Crippen LogP contribution is -2.30. The molecule has 0 radical (unpaired) electrons. The summed E-state index contributed by atoms with van der Waals surface area (Å²) in [5, 5.41) is 7.93. The Bertz CT molecular complexity index is 1100. The van der Waals surface area contributed by atoms with Gasteiger partial charge in [0.25, 0.3) is 6.43 Å². The number of imidazole rings is 1. The van der Waals surface area contributed by atoms with Crippen molar-refractivity contribution >= 4 is 46.1 Å². The average molecular weight is 517 g/mol. The van der Waals surface area contributed by atoms with E-state index in [2.05, 4.69) is 42.5 Å². The minimum absolute atomic E-state index is 0.172. The molecule has 2 aliphatic rings. The van der Waals surface area contributed by atoms with Crippen LogP contribution in [-0.2, 0) is 4.74 Å². The Balaban J connectivity index is 0.000000821. The minimum atomic E-state index is -2.66. The summed E-state index contributed by atoms with van der Waals surface area (Å²) in [6.07, 6.45) is 5.09. The number of anilines is 1. The number of fused-ring (bicyclic) bond motifs is 1. The number of hydrogen-bond donors (Lipinski definition) is 1. The molecule has 7 nitrogen and oxygen atoms in total. The molecule has 1 saturated carbocycles. The molecule has 0 spiro atoms. The highest BCUT2D eigenvalue weighted by Gasteiger charge is 2.37. The fourth-order valence-corrected chi connectivity index (χ4v) is 5.45. The number of aromatic nitrogens is 4. The maximum atomic E-state index is 13.0. The summed E-state index contributed by atoms with van der Waals surface area (Å²) in [7, 11) is 3.25. The standard InChI is InChI=1S/C19H21ClF2N6S2.C2H6O/c1-19(5-6-19)26-30-11-9-12(27-7-3-2-4-8-27)13-14(20)23-16(28(13)10-11)18-25-24-17(29-18)15(21)22;1-3-2/h9-10,15,26H,2-8H2,1H3;1-2H3. The van der Waals surface area contributed by atoms with E-state index in [1.54, 1.807) is 26.2 Å². The van der Waals surface area contributed by atoms with E-state index in [1.165, 1.54) is 6.42 Å². The van der Waals surface area contributed by atoms with Gasteiger partial charge >= 0.3 is 0 Å². The van der Waals surface area contributed by atoms with Gasteiger partial charge in [0.05, 0.1) is 5.69 Å². The summed E-state index contributed by atoms with van der Waals surface area (Å²) in [6.45, 7) is 4.12. The molecule has 5 rings (SSSR count).